The first-order valence-corrected chi connectivity index (χ1v) is 5.74. The lowest BCUT2D eigenvalue weighted by Gasteiger charge is -2.23. The largest absolute Gasteiger partial charge is 0.481 e. The van der Waals surface area contributed by atoms with Gasteiger partial charge in [-0.1, -0.05) is 23.7 Å². The molecule has 0 fully saturated rings. The zero-order valence-electron chi connectivity index (χ0n) is 9.32. The zero-order chi connectivity index (χ0) is 12.0. The van der Waals surface area contributed by atoms with E-state index < -0.39 is 5.97 Å². The van der Waals surface area contributed by atoms with Crippen LogP contribution in [-0.4, -0.2) is 24.2 Å². The molecule has 0 saturated carbocycles. The first kappa shape index (κ1) is 12.8. The monoisotopic (exact) mass is 241 g/mol. The van der Waals surface area contributed by atoms with Gasteiger partial charge in [-0.2, -0.15) is 0 Å². The number of anilines is 1. The van der Waals surface area contributed by atoms with Gasteiger partial charge in [-0.3, -0.25) is 4.79 Å². The second-order valence-electron chi connectivity index (χ2n) is 3.53. The van der Waals surface area contributed by atoms with E-state index in [-0.39, 0.29) is 6.42 Å². The Balaban J connectivity index is 2.60. The third-order valence-electron chi connectivity index (χ3n) is 2.39. The minimum Gasteiger partial charge on any atom is -0.481 e. The molecule has 16 heavy (non-hydrogen) atoms. The standard InChI is InChI=1S/C12H16ClNO2/c1-2-14(9-5-8-12(15)16)11-7-4-3-6-10(11)13/h3-4,6-7H,2,5,8-9H2,1H3,(H,15,16). The van der Waals surface area contributed by atoms with E-state index in [9.17, 15) is 4.79 Å². The molecule has 4 heteroatoms. The fourth-order valence-corrected chi connectivity index (χ4v) is 1.83. The van der Waals surface area contributed by atoms with E-state index >= 15 is 0 Å². The topological polar surface area (TPSA) is 40.5 Å². The Labute approximate surface area is 101 Å². The molecular formula is C12H16ClNO2. The molecule has 1 rings (SSSR count). The average molecular weight is 242 g/mol. The number of carboxylic acids is 1. The maximum Gasteiger partial charge on any atom is 0.303 e. The molecule has 0 atom stereocenters. The highest BCUT2D eigenvalue weighted by Gasteiger charge is 2.08. The number of rotatable bonds is 6. The Bertz CT molecular complexity index is 355. The molecule has 0 bridgehead atoms. The van der Waals surface area contributed by atoms with E-state index in [4.69, 9.17) is 16.7 Å². The third kappa shape index (κ3) is 3.74. The summed E-state index contributed by atoms with van der Waals surface area (Å²) in [6.07, 6.45) is 0.829. The van der Waals surface area contributed by atoms with Crippen LogP contribution in [0.4, 0.5) is 5.69 Å². The van der Waals surface area contributed by atoms with Gasteiger partial charge in [0, 0.05) is 19.5 Å². The average Bonchev–Trinajstić information content (AvgIpc) is 2.25. The Kier molecular flexibility index (Phi) is 5.12. The van der Waals surface area contributed by atoms with Crippen LogP contribution in [-0.2, 0) is 4.79 Å². The van der Waals surface area contributed by atoms with Crippen LogP contribution in [0.5, 0.6) is 0 Å². The van der Waals surface area contributed by atoms with Gasteiger partial charge in [0.2, 0.25) is 0 Å². The lowest BCUT2D eigenvalue weighted by molar-refractivity contribution is -0.137. The van der Waals surface area contributed by atoms with Crippen molar-refractivity contribution in [3.05, 3.63) is 29.3 Å². The Hall–Kier alpha value is -1.22. The fraction of sp³-hybridized carbons (Fsp3) is 0.417. The molecule has 0 radical (unpaired) electrons. The summed E-state index contributed by atoms with van der Waals surface area (Å²) in [6.45, 7) is 3.57. The van der Waals surface area contributed by atoms with E-state index in [0.29, 0.717) is 18.0 Å². The molecule has 0 aliphatic heterocycles. The summed E-state index contributed by atoms with van der Waals surface area (Å²) in [5, 5.41) is 9.29. The zero-order valence-corrected chi connectivity index (χ0v) is 10.1. The van der Waals surface area contributed by atoms with Crippen LogP contribution in [0.15, 0.2) is 24.3 Å². The summed E-state index contributed by atoms with van der Waals surface area (Å²) in [4.78, 5) is 12.5. The second kappa shape index (κ2) is 6.38. The molecule has 0 aliphatic carbocycles. The minimum absolute atomic E-state index is 0.195. The lowest BCUT2D eigenvalue weighted by atomic mass is 10.2. The van der Waals surface area contributed by atoms with Gasteiger partial charge in [0.25, 0.3) is 0 Å². The molecule has 0 spiro atoms. The fourth-order valence-electron chi connectivity index (χ4n) is 1.58. The third-order valence-corrected chi connectivity index (χ3v) is 2.71. The highest BCUT2D eigenvalue weighted by atomic mass is 35.5. The Morgan fingerprint density at radius 1 is 1.44 bits per heavy atom. The van der Waals surface area contributed by atoms with Crippen LogP contribution in [0.3, 0.4) is 0 Å². The maximum atomic E-state index is 10.4. The van der Waals surface area contributed by atoms with Gasteiger partial charge in [-0.25, -0.2) is 0 Å². The van der Waals surface area contributed by atoms with E-state index in [1.807, 2.05) is 31.2 Å². The number of nitrogens with zero attached hydrogens (tertiary/aromatic N) is 1. The van der Waals surface area contributed by atoms with E-state index in [1.54, 1.807) is 0 Å². The number of carboxylic acid groups (broad SMARTS) is 1. The van der Waals surface area contributed by atoms with Crippen LogP contribution in [0, 0.1) is 0 Å². The van der Waals surface area contributed by atoms with Gasteiger partial charge in [0.15, 0.2) is 0 Å². The lowest BCUT2D eigenvalue weighted by Crippen LogP contribution is -2.24. The number of aliphatic carboxylic acids is 1. The highest BCUT2D eigenvalue weighted by molar-refractivity contribution is 6.33. The van der Waals surface area contributed by atoms with E-state index in [1.165, 1.54) is 0 Å². The molecule has 0 aliphatic rings. The molecular weight excluding hydrogens is 226 g/mol. The van der Waals surface area contributed by atoms with Crippen molar-refractivity contribution >= 4 is 23.3 Å². The summed E-state index contributed by atoms with van der Waals surface area (Å²) in [7, 11) is 0. The predicted molar refractivity (Wildman–Crippen MR) is 66.2 cm³/mol. The molecule has 0 aromatic heterocycles. The summed E-state index contributed by atoms with van der Waals surface area (Å²) >= 11 is 6.08. The smallest absolute Gasteiger partial charge is 0.303 e. The minimum atomic E-state index is -0.754. The van der Waals surface area contributed by atoms with E-state index in [0.717, 1.165) is 12.2 Å². The highest BCUT2D eigenvalue weighted by Crippen LogP contribution is 2.25. The number of halogens is 1. The molecule has 1 N–H and O–H groups in total. The predicted octanol–water partition coefficient (Wildman–Crippen LogP) is 3.03. The maximum absolute atomic E-state index is 10.4. The van der Waals surface area contributed by atoms with Crippen LogP contribution in [0.2, 0.25) is 5.02 Å². The van der Waals surface area contributed by atoms with Crippen LogP contribution in [0.1, 0.15) is 19.8 Å². The first-order valence-electron chi connectivity index (χ1n) is 5.36. The van der Waals surface area contributed by atoms with Crippen molar-refractivity contribution in [2.75, 3.05) is 18.0 Å². The first-order chi connectivity index (χ1) is 7.65. The van der Waals surface area contributed by atoms with Crippen molar-refractivity contribution in [2.45, 2.75) is 19.8 Å². The van der Waals surface area contributed by atoms with Crippen molar-refractivity contribution in [1.29, 1.82) is 0 Å². The van der Waals surface area contributed by atoms with Gasteiger partial charge in [0.05, 0.1) is 10.7 Å². The van der Waals surface area contributed by atoms with Crippen molar-refractivity contribution in [3.8, 4) is 0 Å². The summed E-state index contributed by atoms with van der Waals surface area (Å²) in [6, 6.07) is 7.61. The van der Waals surface area contributed by atoms with Gasteiger partial charge >= 0.3 is 5.97 Å². The van der Waals surface area contributed by atoms with Gasteiger partial charge in [-0.15, -0.1) is 0 Å². The number of benzene rings is 1. The summed E-state index contributed by atoms with van der Waals surface area (Å²) < 4.78 is 0. The molecule has 0 saturated heterocycles. The quantitative estimate of drug-likeness (QED) is 0.832. The number of hydrogen-bond acceptors (Lipinski definition) is 2. The molecule has 1 aromatic rings. The Morgan fingerprint density at radius 2 is 2.12 bits per heavy atom. The number of hydrogen-bond donors (Lipinski definition) is 1. The molecule has 88 valence electrons. The normalized spacial score (nSPS) is 10.1. The van der Waals surface area contributed by atoms with Crippen molar-refractivity contribution < 1.29 is 9.90 Å². The Morgan fingerprint density at radius 3 is 2.69 bits per heavy atom. The molecule has 0 heterocycles. The van der Waals surface area contributed by atoms with Crippen LogP contribution in [0.25, 0.3) is 0 Å². The van der Waals surface area contributed by atoms with Crippen molar-refractivity contribution in [1.82, 2.24) is 0 Å². The van der Waals surface area contributed by atoms with Crippen LogP contribution < -0.4 is 4.90 Å². The van der Waals surface area contributed by atoms with Gasteiger partial charge in [-0.05, 0) is 25.5 Å². The molecule has 1 aromatic carbocycles. The summed E-state index contributed by atoms with van der Waals surface area (Å²) in [5.74, 6) is -0.754. The molecule has 3 nitrogen and oxygen atoms in total. The molecule has 0 amide bonds. The van der Waals surface area contributed by atoms with Crippen molar-refractivity contribution in [2.24, 2.45) is 0 Å². The van der Waals surface area contributed by atoms with Crippen molar-refractivity contribution in [3.63, 3.8) is 0 Å². The summed E-state index contributed by atoms with van der Waals surface area (Å²) in [5.41, 5.74) is 0.969. The van der Waals surface area contributed by atoms with Gasteiger partial charge < -0.3 is 10.0 Å². The van der Waals surface area contributed by atoms with Crippen LogP contribution >= 0.6 is 11.6 Å². The number of carbonyl (C=O) groups is 1. The van der Waals surface area contributed by atoms with E-state index in [2.05, 4.69) is 4.90 Å². The molecule has 0 unspecified atom stereocenters. The number of para-hydroxylation sites is 1. The second-order valence-corrected chi connectivity index (χ2v) is 3.94. The van der Waals surface area contributed by atoms with Gasteiger partial charge in [0.1, 0.15) is 0 Å². The SMILES string of the molecule is CCN(CCCC(=O)O)c1ccccc1Cl.